The van der Waals surface area contributed by atoms with Gasteiger partial charge in [-0.25, -0.2) is 4.90 Å². The largest absolute Gasteiger partial charge is 0.272 e. The van der Waals surface area contributed by atoms with Gasteiger partial charge >= 0.3 is 0 Å². The van der Waals surface area contributed by atoms with Gasteiger partial charge in [-0.2, -0.15) is 5.26 Å². The van der Waals surface area contributed by atoms with Crippen LogP contribution < -0.4 is 4.90 Å². The second kappa shape index (κ2) is 8.43. The number of hydrogen-bond donors (Lipinski definition) is 0. The van der Waals surface area contributed by atoms with Crippen LogP contribution in [-0.2, 0) is 9.59 Å². The Balaban J connectivity index is 1.83. The summed E-state index contributed by atoms with van der Waals surface area (Å²) in [5, 5.41) is 9.65. The third-order valence-corrected chi connectivity index (χ3v) is 6.32. The van der Waals surface area contributed by atoms with Gasteiger partial charge in [0, 0.05) is 9.92 Å². The zero-order valence-electron chi connectivity index (χ0n) is 16.8. The quantitative estimate of drug-likeness (QED) is 0.469. The number of benzene rings is 3. The fourth-order valence-corrected chi connectivity index (χ4v) is 4.59. The summed E-state index contributed by atoms with van der Waals surface area (Å²) in [7, 11) is 0. The fourth-order valence-electron chi connectivity index (χ4n) is 3.48. The highest BCUT2D eigenvalue weighted by atomic mass is 35.5. The molecule has 31 heavy (non-hydrogen) atoms. The van der Waals surface area contributed by atoms with Crippen molar-refractivity contribution in [1.82, 2.24) is 0 Å². The smallest absolute Gasteiger partial charge is 0.268 e. The van der Waals surface area contributed by atoms with E-state index in [1.165, 1.54) is 16.7 Å². The van der Waals surface area contributed by atoms with Crippen LogP contribution in [0.2, 0.25) is 5.02 Å². The number of amides is 2. The number of thioether (sulfide) groups is 1. The number of nitriles is 1. The van der Waals surface area contributed by atoms with Crippen molar-refractivity contribution in [2.24, 2.45) is 0 Å². The van der Waals surface area contributed by atoms with Gasteiger partial charge in [-0.05, 0) is 73.5 Å². The normalized spacial score (nSPS) is 13.7. The molecule has 0 N–H and O–H groups in total. The van der Waals surface area contributed by atoms with Crippen molar-refractivity contribution in [3.05, 3.63) is 98.9 Å². The lowest BCUT2D eigenvalue weighted by atomic mass is 9.98. The van der Waals surface area contributed by atoms with Crippen molar-refractivity contribution in [3.8, 4) is 6.07 Å². The minimum atomic E-state index is -0.385. The van der Waals surface area contributed by atoms with Crippen LogP contribution in [0.4, 0.5) is 5.69 Å². The van der Waals surface area contributed by atoms with E-state index in [4.69, 9.17) is 16.9 Å². The van der Waals surface area contributed by atoms with Crippen molar-refractivity contribution in [2.45, 2.75) is 18.7 Å². The first kappa shape index (κ1) is 20.9. The highest BCUT2D eigenvalue weighted by Crippen LogP contribution is 2.42. The van der Waals surface area contributed by atoms with E-state index in [1.54, 1.807) is 36.4 Å². The monoisotopic (exact) mass is 444 g/mol. The molecule has 0 saturated carbocycles. The zero-order valence-corrected chi connectivity index (χ0v) is 18.4. The van der Waals surface area contributed by atoms with Gasteiger partial charge in [-0.15, -0.1) is 0 Å². The van der Waals surface area contributed by atoms with Crippen LogP contribution in [0, 0.1) is 25.2 Å². The molecule has 0 radical (unpaired) electrons. The van der Waals surface area contributed by atoms with Gasteiger partial charge in [0.25, 0.3) is 11.8 Å². The van der Waals surface area contributed by atoms with Crippen LogP contribution in [0.25, 0.3) is 5.57 Å². The molecule has 2 amide bonds. The maximum atomic E-state index is 13.5. The predicted octanol–water partition coefficient (Wildman–Crippen LogP) is 5.91. The van der Waals surface area contributed by atoms with Crippen LogP contribution in [0.15, 0.2) is 76.5 Å². The van der Waals surface area contributed by atoms with Gasteiger partial charge < -0.3 is 0 Å². The lowest BCUT2D eigenvalue weighted by molar-refractivity contribution is -0.119. The molecule has 3 aromatic rings. The van der Waals surface area contributed by atoms with Crippen molar-refractivity contribution in [3.63, 3.8) is 0 Å². The Labute approximate surface area is 189 Å². The summed E-state index contributed by atoms with van der Waals surface area (Å²) in [6.07, 6.45) is 0. The van der Waals surface area contributed by atoms with Gasteiger partial charge in [-0.3, -0.25) is 9.59 Å². The molecule has 152 valence electrons. The highest BCUT2D eigenvalue weighted by Gasteiger charge is 2.40. The molecular weight excluding hydrogens is 428 g/mol. The number of carbonyl (C=O) groups excluding carboxylic acids is 2. The Bertz CT molecular complexity index is 1270. The molecule has 3 aromatic carbocycles. The molecule has 0 unspecified atom stereocenters. The minimum absolute atomic E-state index is 0.364. The fraction of sp³-hybridized carbons (Fsp3) is 0.0800. The number of aryl methyl sites for hydroxylation is 2. The number of imide groups is 1. The Hall–Kier alpha value is -3.33. The van der Waals surface area contributed by atoms with Crippen LogP contribution in [0.5, 0.6) is 0 Å². The summed E-state index contributed by atoms with van der Waals surface area (Å²) in [6.45, 7) is 3.92. The van der Waals surface area contributed by atoms with Gasteiger partial charge in [0.2, 0.25) is 0 Å². The van der Waals surface area contributed by atoms with E-state index in [9.17, 15) is 9.59 Å². The van der Waals surface area contributed by atoms with Crippen LogP contribution in [0.3, 0.4) is 0 Å². The lowest BCUT2D eigenvalue weighted by Crippen LogP contribution is -2.31. The summed E-state index contributed by atoms with van der Waals surface area (Å²) >= 11 is 7.25. The van der Waals surface area contributed by atoms with Gasteiger partial charge in [0.05, 0.1) is 27.8 Å². The van der Waals surface area contributed by atoms with Gasteiger partial charge in [-0.1, -0.05) is 47.1 Å². The van der Waals surface area contributed by atoms with E-state index < -0.39 is 0 Å². The molecule has 0 spiro atoms. The Morgan fingerprint density at radius 3 is 2.19 bits per heavy atom. The molecule has 0 fully saturated rings. The maximum Gasteiger partial charge on any atom is 0.272 e. The summed E-state index contributed by atoms with van der Waals surface area (Å²) in [6, 6.07) is 21.4. The summed E-state index contributed by atoms with van der Waals surface area (Å²) < 4.78 is 0. The summed E-state index contributed by atoms with van der Waals surface area (Å²) in [5.41, 5.74) is 4.01. The average molecular weight is 445 g/mol. The van der Waals surface area contributed by atoms with Crippen LogP contribution in [-0.4, -0.2) is 11.8 Å². The van der Waals surface area contributed by atoms with Crippen LogP contribution >= 0.6 is 23.4 Å². The molecule has 0 aromatic heterocycles. The molecule has 4 rings (SSSR count). The Morgan fingerprint density at radius 2 is 1.58 bits per heavy atom. The van der Waals surface area contributed by atoms with E-state index in [2.05, 4.69) is 0 Å². The molecule has 1 heterocycles. The van der Waals surface area contributed by atoms with E-state index in [0.717, 1.165) is 21.6 Å². The number of halogens is 1. The molecule has 6 heteroatoms. The number of anilines is 1. The molecule has 4 nitrogen and oxygen atoms in total. The lowest BCUT2D eigenvalue weighted by Gasteiger charge is -2.15. The van der Waals surface area contributed by atoms with Crippen molar-refractivity contribution >= 4 is 46.4 Å². The third kappa shape index (κ3) is 4.00. The predicted molar refractivity (Wildman–Crippen MR) is 124 cm³/mol. The topological polar surface area (TPSA) is 61.2 Å². The van der Waals surface area contributed by atoms with E-state index in [1.807, 2.05) is 50.2 Å². The zero-order chi connectivity index (χ0) is 22.1. The number of carbonyl (C=O) groups is 2. The van der Waals surface area contributed by atoms with Crippen molar-refractivity contribution < 1.29 is 9.59 Å². The molecule has 1 aliphatic heterocycles. The SMILES string of the molecule is Cc1ccc(C2=C(Sc3ccc(Cl)cc3)C(=O)N(c3ccc(C#N)cc3)C2=O)c(C)c1. The number of hydrogen-bond acceptors (Lipinski definition) is 4. The van der Waals surface area contributed by atoms with Crippen molar-refractivity contribution in [2.75, 3.05) is 4.90 Å². The molecule has 1 aliphatic rings. The van der Waals surface area contributed by atoms with E-state index in [0.29, 0.717) is 26.8 Å². The van der Waals surface area contributed by atoms with Gasteiger partial charge in [0.15, 0.2) is 0 Å². The van der Waals surface area contributed by atoms with Gasteiger partial charge in [0.1, 0.15) is 0 Å². The number of rotatable bonds is 4. The third-order valence-electron chi connectivity index (χ3n) is 4.98. The standard InChI is InChI=1S/C25H17ClN2O2S/c1-15-3-12-21(16(2)13-15)22-23(31-20-10-6-18(26)7-11-20)25(30)28(24(22)29)19-8-4-17(14-27)5-9-19/h3-13H,1-2H3. The summed E-state index contributed by atoms with van der Waals surface area (Å²) in [5.74, 6) is -0.761. The molecule has 0 bridgehead atoms. The second-order valence-corrected chi connectivity index (χ2v) is 8.70. The second-order valence-electron chi connectivity index (χ2n) is 7.18. The first-order chi connectivity index (χ1) is 14.9. The molecule has 0 aliphatic carbocycles. The van der Waals surface area contributed by atoms with Crippen LogP contribution in [0.1, 0.15) is 22.3 Å². The molecule has 0 saturated heterocycles. The Kier molecular flexibility index (Phi) is 5.69. The Morgan fingerprint density at radius 1 is 0.903 bits per heavy atom. The number of nitrogens with zero attached hydrogens (tertiary/aromatic N) is 2. The minimum Gasteiger partial charge on any atom is -0.268 e. The van der Waals surface area contributed by atoms with E-state index in [-0.39, 0.29) is 11.8 Å². The molecular formula is C25H17ClN2O2S. The average Bonchev–Trinajstić information content (AvgIpc) is 2.99. The highest BCUT2D eigenvalue weighted by molar-refractivity contribution is 8.04. The van der Waals surface area contributed by atoms with E-state index >= 15 is 0 Å². The van der Waals surface area contributed by atoms with Crippen molar-refractivity contribution in [1.29, 1.82) is 5.26 Å². The maximum absolute atomic E-state index is 13.5. The summed E-state index contributed by atoms with van der Waals surface area (Å²) in [4.78, 5) is 29.3. The first-order valence-electron chi connectivity index (χ1n) is 9.53. The molecule has 0 atom stereocenters. The first-order valence-corrected chi connectivity index (χ1v) is 10.7.